The molecule has 8 aromatic rings. The monoisotopic (exact) mass is 633 g/mol. The zero-order valence-electron chi connectivity index (χ0n) is 28.0. The lowest BCUT2D eigenvalue weighted by Crippen LogP contribution is -2.43. The zero-order chi connectivity index (χ0) is 33.3. The van der Waals surface area contributed by atoms with Crippen molar-refractivity contribution in [2.45, 2.75) is 38.5 Å². The molecule has 1 aliphatic rings. The van der Waals surface area contributed by atoms with Gasteiger partial charge in [0.05, 0.1) is 11.0 Å². The van der Waals surface area contributed by atoms with E-state index in [0.717, 1.165) is 33.5 Å². The lowest BCUT2D eigenvalue weighted by atomic mass is 9.55. The first kappa shape index (κ1) is 29.2. The Morgan fingerprint density at radius 2 is 1.02 bits per heavy atom. The molecule has 5 nitrogen and oxygen atoms in total. The summed E-state index contributed by atoms with van der Waals surface area (Å²) >= 11 is 0. The van der Waals surface area contributed by atoms with E-state index < -0.39 is 0 Å². The molecule has 5 aromatic carbocycles. The smallest absolute Gasteiger partial charge is 0.165 e. The maximum absolute atomic E-state index is 5.07. The van der Waals surface area contributed by atoms with E-state index in [0.29, 0.717) is 17.5 Å². The van der Waals surface area contributed by atoms with Crippen LogP contribution in [-0.4, -0.2) is 24.5 Å². The van der Waals surface area contributed by atoms with Crippen molar-refractivity contribution in [3.05, 3.63) is 151 Å². The van der Waals surface area contributed by atoms with Gasteiger partial charge < -0.3 is 0 Å². The molecule has 0 N–H and O–H groups in total. The molecule has 5 heteroatoms. The van der Waals surface area contributed by atoms with Crippen molar-refractivity contribution in [1.82, 2.24) is 24.5 Å². The number of nitrogens with zero attached hydrogens (tertiary/aromatic N) is 5. The number of benzene rings is 5. The van der Waals surface area contributed by atoms with Crippen molar-refractivity contribution in [2.24, 2.45) is 0 Å². The van der Waals surface area contributed by atoms with Crippen molar-refractivity contribution < 1.29 is 0 Å². The van der Waals surface area contributed by atoms with Crippen LogP contribution in [0.3, 0.4) is 0 Å². The highest BCUT2D eigenvalue weighted by Crippen LogP contribution is 2.55. The molecule has 49 heavy (non-hydrogen) atoms. The van der Waals surface area contributed by atoms with E-state index in [9.17, 15) is 0 Å². The molecular formula is C44H35N5. The second-order valence-electron chi connectivity index (χ2n) is 14.0. The van der Waals surface area contributed by atoms with Crippen LogP contribution in [0.4, 0.5) is 0 Å². The van der Waals surface area contributed by atoms with Gasteiger partial charge in [0, 0.05) is 33.7 Å². The second-order valence-corrected chi connectivity index (χ2v) is 14.0. The molecule has 0 radical (unpaired) electrons. The number of aromatic nitrogens is 5. The summed E-state index contributed by atoms with van der Waals surface area (Å²) in [7, 11) is 0. The number of pyridine rings is 1. The summed E-state index contributed by atoms with van der Waals surface area (Å²) in [6.07, 6.45) is 1.88. The Kier molecular flexibility index (Phi) is 6.44. The Bertz CT molecular complexity index is 2470. The lowest BCUT2D eigenvalue weighted by Gasteiger charge is -2.48. The van der Waals surface area contributed by atoms with Crippen molar-refractivity contribution >= 4 is 21.8 Å². The van der Waals surface area contributed by atoms with Crippen LogP contribution in [0.1, 0.15) is 38.8 Å². The van der Waals surface area contributed by atoms with E-state index in [1.54, 1.807) is 0 Å². The van der Waals surface area contributed by atoms with E-state index in [4.69, 9.17) is 19.9 Å². The predicted molar refractivity (Wildman–Crippen MR) is 200 cm³/mol. The van der Waals surface area contributed by atoms with Crippen LogP contribution in [0, 0.1) is 0 Å². The van der Waals surface area contributed by atoms with Crippen LogP contribution in [0.5, 0.6) is 0 Å². The molecule has 0 atom stereocenters. The number of para-hydroxylation sites is 1. The van der Waals surface area contributed by atoms with E-state index in [1.165, 1.54) is 33.0 Å². The van der Waals surface area contributed by atoms with Crippen LogP contribution in [0.25, 0.3) is 72.9 Å². The Balaban J connectivity index is 1.22. The van der Waals surface area contributed by atoms with Crippen LogP contribution < -0.4 is 0 Å². The molecule has 3 heterocycles. The van der Waals surface area contributed by atoms with Gasteiger partial charge >= 0.3 is 0 Å². The molecule has 1 aliphatic carbocycles. The van der Waals surface area contributed by atoms with Crippen LogP contribution in [0.2, 0.25) is 0 Å². The second kappa shape index (κ2) is 10.8. The van der Waals surface area contributed by atoms with Gasteiger partial charge in [-0.15, -0.1) is 0 Å². The molecule has 9 rings (SSSR count). The summed E-state index contributed by atoms with van der Waals surface area (Å²) < 4.78 is 2.29. The standard InChI is InChI=1S/C44H35N5/c1-43(2)35-21-13-11-19-31(35)33-26-38-34(25-36(33)44(43,3)4)32-20-12-14-22-37(32)49(38)39-24-23-30(27-45-39)42-47-40(28-15-7-5-8-16-28)46-41(48-42)29-17-9-6-10-18-29/h5-27H,1-4H3. The fourth-order valence-corrected chi connectivity index (χ4v) is 7.53. The minimum absolute atomic E-state index is 0.0319. The summed E-state index contributed by atoms with van der Waals surface area (Å²) in [5.41, 5.74) is 10.2. The van der Waals surface area contributed by atoms with Gasteiger partial charge in [-0.2, -0.15) is 0 Å². The predicted octanol–water partition coefficient (Wildman–Crippen LogP) is 10.6. The van der Waals surface area contributed by atoms with Crippen molar-refractivity contribution in [3.63, 3.8) is 0 Å². The maximum Gasteiger partial charge on any atom is 0.165 e. The van der Waals surface area contributed by atoms with Gasteiger partial charge in [0.2, 0.25) is 0 Å². The number of hydrogen-bond donors (Lipinski definition) is 0. The molecule has 0 saturated carbocycles. The van der Waals surface area contributed by atoms with Gasteiger partial charge in [-0.3, -0.25) is 4.57 Å². The molecule has 0 saturated heterocycles. The molecule has 3 aromatic heterocycles. The van der Waals surface area contributed by atoms with E-state index in [2.05, 4.69) is 105 Å². The maximum atomic E-state index is 5.07. The first-order valence-electron chi connectivity index (χ1n) is 16.8. The van der Waals surface area contributed by atoms with Gasteiger partial charge in [0.25, 0.3) is 0 Å². The van der Waals surface area contributed by atoms with Gasteiger partial charge in [0.15, 0.2) is 17.5 Å². The number of hydrogen-bond acceptors (Lipinski definition) is 4. The highest BCUT2D eigenvalue weighted by Gasteiger charge is 2.46. The zero-order valence-corrected chi connectivity index (χ0v) is 28.0. The molecule has 0 amide bonds. The summed E-state index contributed by atoms with van der Waals surface area (Å²) in [6.45, 7) is 9.54. The summed E-state index contributed by atoms with van der Waals surface area (Å²) in [6, 6.07) is 46.6. The van der Waals surface area contributed by atoms with Gasteiger partial charge in [-0.25, -0.2) is 19.9 Å². The van der Waals surface area contributed by atoms with E-state index in [-0.39, 0.29) is 10.8 Å². The molecule has 0 aliphatic heterocycles. The number of fused-ring (bicyclic) bond motifs is 6. The third-order valence-electron chi connectivity index (χ3n) is 10.9. The molecular weight excluding hydrogens is 599 g/mol. The largest absolute Gasteiger partial charge is 0.294 e. The third kappa shape index (κ3) is 4.46. The van der Waals surface area contributed by atoms with Crippen molar-refractivity contribution in [3.8, 4) is 51.1 Å². The van der Waals surface area contributed by atoms with Gasteiger partial charge in [-0.1, -0.05) is 131 Å². The summed E-state index contributed by atoms with van der Waals surface area (Å²) in [5.74, 6) is 2.70. The molecule has 0 fully saturated rings. The SMILES string of the molecule is CC1(C)c2ccccc2-c2cc3c(cc2C1(C)C)c1ccccc1n3-c1ccc(-c2nc(-c3ccccc3)nc(-c3ccccc3)n2)cn1. The average Bonchev–Trinajstić information content (AvgIpc) is 3.48. The minimum Gasteiger partial charge on any atom is -0.294 e. The quantitative estimate of drug-likeness (QED) is 0.193. The summed E-state index contributed by atoms with van der Waals surface area (Å²) in [5, 5.41) is 2.46. The Hall–Kier alpha value is -5.94. The molecule has 0 bridgehead atoms. The van der Waals surface area contributed by atoms with E-state index in [1.807, 2.05) is 66.9 Å². The van der Waals surface area contributed by atoms with Crippen LogP contribution in [0.15, 0.2) is 140 Å². The third-order valence-corrected chi connectivity index (χ3v) is 10.9. The Morgan fingerprint density at radius 1 is 0.449 bits per heavy atom. The number of rotatable bonds is 4. The fraction of sp³-hybridized carbons (Fsp3) is 0.136. The Labute approximate surface area is 286 Å². The van der Waals surface area contributed by atoms with Crippen molar-refractivity contribution in [1.29, 1.82) is 0 Å². The highest BCUT2D eigenvalue weighted by atomic mass is 15.1. The normalized spacial score (nSPS) is 14.4. The summed E-state index contributed by atoms with van der Waals surface area (Å²) in [4.78, 5) is 19.8. The average molecular weight is 634 g/mol. The Morgan fingerprint density at radius 3 is 1.67 bits per heavy atom. The first-order chi connectivity index (χ1) is 23.8. The topological polar surface area (TPSA) is 56.5 Å². The fourth-order valence-electron chi connectivity index (χ4n) is 7.53. The van der Waals surface area contributed by atoms with E-state index >= 15 is 0 Å². The molecule has 0 unspecified atom stereocenters. The lowest BCUT2D eigenvalue weighted by molar-refractivity contribution is 0.299. The van der Waals surface area contributed by atoms with Gasteiger partial charge in [0.1, 0.15) is 5.82 Å². The molecule has 0 spiro atoms. The van der Waals surface area contributed by atoms with Crippen LogP contribution in [-0.2, 0) is 10.8 Å². The minimum atomic E-state index is -0.0737. The first-order valence-corrected chi connectivity index (χ1v) is 16.8. The van der Waals surface area contributed by atoms with Crippen LogP contribution >= 0.6 is 0 Å². The molecule has 236 valence electrons. The highest BCUT2D eigenvalue weighted by molar-refractivity contribution is 6.11. The van der Waals surface area contributed by atoms with Gasteiger partial charge in [-0.05, 0) is 63.4 Å². The van der Waals surface area contributed by atoms with Crippen molar-refractivity contribution in [2.75, 3.05) is 0 Å².